The second-order valence-electron chi connectivity index (χ2n) is 4.62. The summed E-state index contributed by atoms with van der Waals surface area (Å²) in [5.41, 5.74) is 2.27. The van der Waals surface area contributed by atoms with Crippen LogP contribution in [0.5, 0.6) is 0 Å². The highest BCUT2D eigenvalue weighted by Crippen LogP contribution is 2.18. The Morgan fingerprint density at radius 2 is 1.89 bits per heavy atom. The maximum Gasteiger partial charge on any atom is 0.203 e. The summed E-state index contributed by atoms with van der Waals surface area (Å²) in [5.74, 6) is 0.982. The van der Waals surface area contributed by atoms with E-state index in [9.17, 15) is 0 Å². The number of para-hydroxylation sites is 2. The van der Waals surface area contributed by atoms with Crippen molar-refractivity contribution in [1.29, 1.82) is 0 Å². The SMILES string of the molecule is CCN(CC)CCNc1nc2ccccc2n1CC. The van der Waals surface area contributed by atoms with Gasteiger partial charge in [0.05, 0.1) is 11.0 Å². The van der Waals surface area contributed by atoms with Crippen LogP contribution < -0.4 is 5.32 Å². The lowest BCUT2D eigenvalue weighted by atomic mass is 10.3. The smallest absolute Gasteiger partial charge is 0.203 e. The van der Waals surface area contributed by atoms with Crippen LogP contribution in [0.1, 0.15) is 20.8 Å². The first-order chi connectivity index (χ1) is 9.30. The first-order valence-corrected chi connectivity index (χ1v) is 7.21. The van der Waals surface area contributed by atoms with Gasteiger partial charge in [-0.05, 0) is 32.1 Å². The molecule has 0 radical (unpaired) electrons. The molecule has 104 valence electrons. The summed E-state index contributed by atoms with van der Waals surface area (Å²) in [6.07, 6.45) is 0. The molecule has 19 heavy (non-hydrogen) atoms. The highest BCUT2D eigenvalue weighted by Gasteiger charge is 2.08. The summed E-state index contributed by atoms with van der Waals surface area (Å²) in [7, 11) is 0. The Labute approximate surface area is 115 Å². The van der Waals surface area contributed by atoms with Gasteiger partial charge in [-0.1, -0.05) is 26.0 Å². The molecule has 0 aliphatic heterocycles. The van der Waals surface area contributed by atoms with Crippen molar-refractivity contribution in [2.24, 2.45) is 0 Å². The van der Waals surface area contributed by atoms with Crippen molar-refractivity contribution in [3.05, 3.63) is 24.3 Å². The summed E-state index contributed by atoms with van der Waals surface area (Å²) >= 11 is 0. The average molecular weight is 260 g/mol. The Bertz CT molecular complexity index is 514. The maximum atomic E-state index is 4.67. The van der Waals surface area contributed by atoms with Crippen LogP contribution in [0.15, 0.2) is 24.3 Å². The molecular weight excluding hydrogens is 236 g/mol. The molecule has 0 unspecified atom stereocenters. The number of imidazole rings is 1. The van der Waals surface area contributed by atoms with Crippen LogP contribution >= 0.6 is 0 Å². The zero-order chi connectivity index (χ0) is 13.7. The van der Waals surface area contributed by atoms with Crippen molar-refractivity contribution >= 4 is 17.0 Å². The Hall–Kier alpha value is -1.55. The number of aryl methyl sites for hydroxylation is 1. The molecule has 0 amide bonds. The van der Waals surface area contributed by atoms with Crippen LogP contribution in [-0.4, -0.2) is 40.6 Å². The van der Waals surface area contributed by atoms with Gasteiger partial charge in [0.25, 0.3) is 0 Å². The lowest BCUT2D eigenvalue weighted by Gasteiger charge is -2.18. The highest BCUT2D eigenvalue weighted by atomic mass is 15.2. The van der Waals surface area contributed by atoms with Crippen molar-refractivity contribution in [3.63, 3.8) is 0 Å². The number of hydrogen-bond donors (Lipinski definition) is 1. The summed E-state index contributed by atoms with van der Waals surface area (Å²) in [6, 6.07) is 8.29. The molecule has 1 aromatic heterocycles. The predicted octanol–water partition coefficient (Wildman–Crippen LogP) is 2.81. The molecule has 0 spiro atoms. The lowest BCUT2D eigenvalue weighted by Crippen LogP contribution is -2.29. The number of nitrogens with zero attached hydrogens (tertiary/aromatic N) is 3. The van der Waals surface area contributed by atoms with E-state index >= 15 is 0 Å². The molecule has 1 heterocycles. The van der Waals surface area contributed by atoms with Gasteiger partial charge in [-0.25, -0.2) is 4.98 Å². The summed E-state index contributed by atoms with van der Waals surface area (Å²) in [4.78, 5) is 7.07. The van der Waals surface area contributed by atoms with Crippen LogP contribution in [0.25, 0.3) is 11.0 Å². The third-order valence-corrected chi connectivity index (χ3v) is 3.58. The quantitative estimate of drug-likeness (QED) is 0.831. The fraction of sp³-hybridized carbons (Fsp3) is 0.533. The van der Waals surface area contributed by atoms with Gasteiger partial charge in [0, 0.05) is 19.6 Å². The topological polar surface area (TPSA) is 33.1 Å². The number of anilines is 1. The van der Waals surface area contributed by atoms with Gasteiger partial charge in [0.1, 0.15) is 0 Å². The van der Waals surface area contributed by atoms with Crippen molar-refractivity contribution in [1.82, 2.24) is 14.5 Å². The molecular formula is C15H24N4. The molecule has 4 nitrogen and oxygen atoms in total. The summed E-state index contributed by atoms with van der Waals surface area (Å²) in [5, 5.41) is 3.46. The molecule has 1 aromatic carbocycles. The van der Waals surface area contributed by atoms with Crippen LogP contribution in [0.2, 0.25) is 0 Å². The molecule has 1 N–H and O–H groups in total. The van der Waals surface area contributed by atoms with Gasteiger partial charge in [-0.2, -0.15) is 0 Å². The first-order valence-electron chi connectivity index (χ1n) is 7.21. The van der Waals surface area contributed by atoms with E-state index in [2.05, 4.69) is 58.7 Å². The molecule has 0 fully saturated rings. The molecule has 0 atom stereocenters. The van der Waals surface area contributed by atoms with Gasteiger partial charge >= 0.3 is 0 Å². The van der Waals surface area contributed by atoms with Crippen LogP contribution in [0.4, 0.5) is 5.95 Å². The molecule has 0 bridgehead atoms. The number of rotatable bonds is 7. The zero-order valence-electron chi connectivity index (χ0n) is 12.2. The van der Waals surface area contributed by atoms with Crippen molar-refractivity contribution in [3.8, 4) is 0 Å². The lowest BCUT2D eigenvalue weighted by molar-refractivity contribution is 0.315. The third-order valence-electron chi connectivity index (χ3n) is 3.58. The fourth-order valence-electron chi connectivity index (χ4n) is 2.40. The zero-order valence-corrected chi connectivity index (χ0v) is 12.2. The minimum Gasteiger partial charge on any atom is -0.354 e. The molecule has 4 heteroatoms. The number of nitrogens with one attached hydrogen (secondary N) is 1. The van der Waals surface area contributed by atoms with E-state index < -0.39 is 0 Å². The van der Waals surface area contributed by atoms with Crippen LogP contribution in [0.3, 0.4) is 0 Å². The number of aromatic nitrogens is 2. The second kappa shape index (κ2) is 6.57. The standard InChI is InChI=1S/C15H24N4/c1-4-18(5-2)12-11-16-15-17-13-9-7-8-10-14(13)19(15)6-3/h7-10H,4-6,11-12H2,1-3H3,(H,16,17). The van der Waals surface area contributed by atoms with Gasteiger partial charge in [-0.15, -0.1) is 0 Å². The molecule has 0 aliphatic carbocycles. The average Bonchev–Trinajstić information content (AvgIpc) is 2.81. The predicted molar refractivity (Wildman–Crippen MR) is 81.7 cm³/mol. The van der Waals surface area contributed by atoms with E-state index in [4.69, 9.17) is 0 Å². The number of hydrogen-bond acceptors (Lipinski definition) is 3. The largest absolute Gasteiger partial charge is 0.354 e. The molecule has 2 aromatic rings. The minimum absolute atomic E-state index is 0.936. The Morgan fingerprint density at radius 1 is 1.16 bits per heavy atom. The van der Waals surface area contributed by atoms with Crippen LogP contribution in [0, 0.1) is 0 Å². The van der Waals surface area contributed by atoms with Gasteiger partial charge < -0.3 is 14.8 Å². The third kappa shape index (κ3) is 3.07. The van der Waals surface area contributed by atoms with E-state index in [0.29, 0.717) is 0 Å². The summed E-state index contributed by atoms with van der Waals surface area (Å²) < 4.78 is 2.23. The van der Waals surface area contributed by atoms with E-state index in [1.165, 1.54) is 5.52 Å². The number of likely N-dealkylation sites (N-methyl/N-ethyl adjacent to an activating group) is 1. The van der Waals surface area contributed by atoms with Crippen LogP contribution in [-0.2, 0) is 6.54 Å². The Morgan fingerprint density at radius 3 is 2.58 bits per heavy atom. The van der Waals surface area contributed by atoms with E-state index in [1.54, 1.807) is 0 Å². The Balaban J connectivity index is 2.08. The maximum absolute atomic E-state index is 4.67. The fourth-order valence-corrected chi connectivity index (χ4v) is 2.40. The molecule has 0 saturated heterocycles. The van der Waals surface area contributed by atoms with Gasteiger partial charge in [0.15, 0.2) is 0 Å². The normalized spacial score (nSPS) is 11.4. The van der Waals surface area contributed by atoms with E-state index in [-0.39, 0.29) is 0 Å². The van der Waals surface area contributed by atoms with Gasteiger partial charge in [0.2, 0.25) is 5.95 Å². The van der Waals surface area contributed by atoms with Gasteiger partial charge in [-0.3, -0.25) is 0 Å². The molecule has 0 saturated carbocycles. The minimum atomic E-state index is 0.936. The summed E-state index contributed by atoms with van der Waals surface area (Å²) in [6.45, 7) is 11.7. The molecule has 0 aliphatic rings. The van der Waals surface area contributed by atoms with Crippen molar-refractivity contribution < 1.29 is 0 Å². The molecule has 2 rings (SSSR count). The highest BCUT2D eigenvalue weighted by molar-refractivity contribution is 5.78. The Kier molecular flexibility index (Phi) is 4.80. The second-order valence-corrected chi connectivity index (χ2v) is 4.62. The number of fused-ring (bicyclic) bond motifs is 1. The number of benzene rings is 1. The van der Waals surface area contributed by atoms with Crippen molar-refractivity contribution in [2.75, 3.05) is 31.5 Å². The van der Waals surface area contributed by atoms with Crippen molar-refractivity contribution in [2.45, 2.75) is 27.3 Å². The monoisotopic (exact) mass is 260 g/mol. The first kappa shape index (κ1) is 13.9. The van der Waals surface area contributed by atoms with E-state index in [0.717, 1.165) is 44.2 Å². The van der Waals surface area contributed by atoms with E-state index in [1.807, 2.05) is 6.07 Å².